The van der Waals surface area contributed by atoms with Gasteiger partial charge in [-0.2, -0.15) is 0 Å². The first-order valence-corrected chi connectivity index (χ1v) is 8.53. The van der Waals surface area contributed by atoms with Gasteiger partial charge < -0.3 is 0 Å². The van der Waals surface area contributed by atoms with E-state index >= 15 is 0 Å². The second-order valence-electron chi connectivity index (χ2n) is 4.34. The molecule has 0 aliphatic heterocycles. The molecule has 3 rings (SSSR count). The minimum atomic E-state index is -0.111. The van der Waals surface area contributed by atoms with Crippen molar-refractivity contribution in [2.75, 3.05) is 5.75 Å². The topological polar surface area (TPSA) is 60.7 Å². The van der Waals surface area contributed by atoms with Gasteiger partial charge in [0.25, 0.3) is 5.56 Å². The number of nitrogens with zero attached hydrogens (tertiary/aromatic N) is 4. The Bertz CT molecular complexity index is 798. The predicted octanol–water partition coefficient (Wildman–Crippen LogP) is 2.60. The summed E-state index contributed by atoms with van der Waals surface area (Å²) in [5.41, 5.74) is 0.649. The van der Waals surface area contributed by atoms with Gasteiger partial charge in [0, 0.05) is 23.8 Å². The van der Waals surface area contributed by atoms with E-state index in [-0.39, 0.29) is 5.56 Å². The molecule has 0 spiro atoms. The van der Waals surface area contributed by atoms with Crippen LogP contribution in [0, 0.1) is 0 Å². The van der Waals surface area contributed by atoms with Gasteiger partial charge in [-0.05, 0) is 23.6 Å². The van der Waals surface area contributed by atoms with Crippen molar-refractivity contribution in [3.05, 3.63) is 45.1 Å². The Labute approximate surface area is 130 Å². The third-order valence-corrected chi connectivity index (χ3v) is 4.79. The van der Waals surface area contributed by atoms with Crippen LogP contribution in [0.4, 0.5) is 0 Å². The number of aryl methyl sites for hydroxylation is 1. The zero-order chi connectivity index (χ0) is 14.7. The second-order valence-corrected chi connectivity index (χ2v) is 6.61. The van der Waals surface area contributed by atoms with Crippen molar-refractivity contribution in [1.29, 1.82) is 0 Å². The van der Waals surface area contributed by atoms with E-state index in [9.17, 15) is 4.79 Å². The molecule has 0 unspecified atom stereocenters. The van der Waals surface area contributed by atoms with Crippen LogP contribution in [0.2, 0.25) is 0 Å². The molecule has 0 N–H and O–H groups in total. The highest BCUT2D eigenvalue weighted by Gasteiger charge is 2.12. The highest BCUT2D eigenvalue weighted by atomic mass is 32.2. The number of rotatable bonds is 5. The number of hydrogen-bond acceptors (Lipinski definition) is 6. The van der Waals surface area contributed by atoms with Crippen molar-refractivity contribution in [1.82, 2.24) is 19.5 Å². The fraction of sp³-hybridized carbons (Fsp3) is 0.286. The quantitative estimate of drug-likeness (QED) is 0.534. The van der Waals surface area contributed by atoms with Crippen molar-refractivity contribution in [3.8, 4) is 0 Å². The largest absolute Gasteiger partial charge is 0.285 e. The zero-order valence-corrected chi connectivity index (χ0v) is 13.2. The maximum Gasteiger partial charge on any atom is 0.282 e. The summed E-state index contributed by atoms with van der Waals surface area (Å²) in [6.07, 6.45) is 3.91. The SMILES string of the molecule is CCSc1nc2nccnc2c(=O)n1CCc1cccs1. The molecule has 3 aromatic heterocycles. The van der Waals surface area contributed by atoms with Gasteiger partial charge in [-0.25, -0.2) is 15.0 Å². The highest BCUT2D eigenvalue weighted by Crippen LogP contribution is 2.17. The van der Waals surface area contributed by atoms with Crippen LogP contribution in [0.25, 0.3) is 11.2 Å². The van der Waals surface area contributed by atoms with Gasteiger partial charge in [0.05, 0.1) is 0 Å². The average Bonchev–Trinajstić information content (AvgIpc) is 3.01. The molecule has 7 heteroatoms. The minimum Gasteiger partial charge on any atom is -0.285 e. The standard InChI is InChI=1S/C14H14N4OS2/c1-2-20-14-17-12-11(15-6-7-16-12)13(19)18(14)8-5-10-4-3-9-21-10/h3-4,6-7,9H,2,5,8H2,1H3. The van der Waals surface area contributed by atoms with E-state index in [1.807, 2.05) is 18.4 Å². The molecule has 0 saturated heterocycles. The molecule has 0 aliphatic carbocycles. The monoisotopic (exact) mass is 318 g/mol. The molecule has 21 heavy (non-hydrogen) atoms. The van der Waals surface area contributed by atoms with Crippen molar-refractivity contribution in [2.24, 2.45) is 0 Å². The maximum atomic E-state index is 12.6. The van der Waals surface area contributed by atoms with E-state index in [0.717, 1.165) is 12.2 Å². The third-order valence-electron chi connectivity index (χ3n) is 2.99. The number of thiophene rings is 1. The summed E-state index contributed by atoms with van der Waals surface area (Å²) in [6.45, 7) is 2.66. The smallest absolute Gasteiger partial charge is 0.282 e. The van der Waals surface area contributed by atoms with Gasteiger partial charge in [0.15, 0.2) is 16.3 Å². The summed E-state index contributed by atoms with van der Waals surface area (Å²) < 4.78 is 1.71. The van der Waals surface area contributed by atoms with Crippen LogP contribution in [0.1, 0.15) is 11.8 Å². The first-order chi connectivity index (χ1) is 10.3. The molecule has 0 aliphatic rings. The fourth-order valence-electron chi connectivity index (χ4n) is 2.04. The molecule has 3 aromatic rings. The van der Waals surface area contributed by atoms with Gasteiger partial charge in [0.1, 0.15) is 0 Å². The lowest BCUT2D eigenvalue weighted by molar-refractivity contribution is 0.596. The molecule has 0 bridgehead atoms. The molecule has 0 atom stereocenters. The van der Waals surface area contributed by atoms with Gasteiger partial charge in [0.2, 0.25) is 0 Å². The summed E-state index contributed by atoms with van der Waals surface area (Å²) in [7, 11) is 0. The van der Waals surface area contributed by atoms with E-state index in [1.165, 1.54) is 11.1 Å². The molecular weight excluding hydrogens is 304 g/mol. The molecular formula is C14H14N4OS2. The number of fused-ring (bicyclic) bond motifs is 1. The zero-order valence-electron chi connectivity index (χ0n) is 11.5. The lowest BCUT2D eigenvalue weighted by atomic mass is 10.3. The highest BCUT2D eigenvalue weighted by molar-refractivity contribution is 7.99. The van der Waals surface area contributed by atoms with E-state index in [2.05, 4.69) is 21.0 Å². The lowest BCUT2D eigenvalue weighted by Crippen LogP contribution is -2.25. The first kappa shape index (κ1) is 14.2. The summed E-state index contributed by atoms with van der Waals surface area (Å²) in [6, 6.07) is 4.10. The predicted molar refractivity (Wildman–Crippen MR) is 86.0 cm³/mol. The van der Waals surface area contributed by atoms with E-state index < -0.39 is 0 Å². The number of thioether (sulfide) groups is 1. The van der Waals surface area contributed by atoms with Crippen LogP contribution < -0.4 is 5.56 Å². The molecule has 0 radical (unpaired) electrons. The Morgan fingerprint density at radius 3 is 2.95 bits per heavy atom. The van der Waals surface area contributed by atoms with Gasteiger partial charge >= 0.3 is 0 Å². The Kier molecular flexibility index (Phi) is 4.31. The third kappa shape index (κ3) is 2.98. The van der Waals surface area contributed by atoms with Crippen molar-refractivity contribution in [2.45, 2.75) is 25.0 Å². The fourth-order valence-corrected chi connectivity index (χ4v) is 3.48. The Morgan fingerprint density at radius 1 is 1.33 bits per heavy atom. The minimum absolute atomic E-state index is 0.111. The van der Waals surface area contributed by atoms with Crippen LogP contribution >= 0.6 is 23.1 Å². The summed E-state index contributed by atoms with van der Waals surface area (Å²) in [5, 5.41) is 2.76. The molecule has 0 saturated carbocycles. The normalized spacial score (nSPS) is 11.1. The average molecular weight is 318 g/mol. The van der Waals surface area contributed by atoms with Gasteiger partial charge in [-0.3, -0.25) is 9.36 Å². The van der Waals surface area contributed by atoms with Crippen molar-refractivity contribution < 1.29 is 0 Å². The maximum absolute atomic E-state index is 12.6. The van der Waals surface area contributed by atoms with Gasteiger partial charge in [-0.15, -0.1) is 11.3 Å². The second kappa shape index (κ2) is 6.36. The molecule has 0 aromatic carbocycles. The Balaban J connectivity index is 2.03. The van der Waals surface area contributed by atoms with Crippen LogP contribution in [0.15, 0.2) is 39.9 Å². The Morgan fingerprint density at radius 2 is 2.19 bits per heavy atom. The van der Waals surface area contributed by atoms with Crippen molar-refractivity contribution >= 4 is 34.3 Å². The van der Waals surface area contributed by atoms with E-state index in [0.29, 0.717) is 22.9 Å². The molecule has 108 valence electrons. The van der Waals surface area contributed by atoms with Crippen LogP contribution in [-0.2, 0) is 13.0 Å². The molecule has 0 fully saturated rings. The van der Waals surface area contributed by atoms with E-state index in [1.54, 1.807) is 33.9 Å². The summed E-state index contributed by atoms with van der Waals surface area (Å²) in [5.74, 6) is 0.858. The molecule has 5 nitrogen and oxygen atoms in total. The number of hydrogen-bond donors (Lipinski definition) is 0. The number of aromatic nitrogens is 4. The van der Waals surface area contributed by atoms with Crippen LogP contribution in [-0.4, -0.2) is 25.3 Å². The summed E-state index contributed by atoms with van der Waals surface area (Å²) >= 11 is 3.26. The Hall–Kier alpha value is -1.73. The lowest BCUT2D eigenvalue weighted by Gasteiger charge is -2.11. The molecule has 0 amide bonds. The summed E-state index contributed by atoms with van der Waals surface area (Å²) in [4.78, 5) is 26.6. The van der Waals surface area contributed by atoms with Crippen LogP contribution in [0.5, 0.6) is 0 Å². The van der Waals surface area contributed by atoms with Crippen LogP contribution in [0.3, 0.4) is 0 Å². The molecule has 3 heterocycles. The van der Waals surface area contributed by atoms with Gasteiger partial charge in [-0.1, -0.05) is 24.8 Å². The van der Waals surface area contributed by atoms with E-state index in [4.69, 9.17) is 0 Å². The first-order valence-electron chi connectivity index (χ1n) is 6.66. The van der Waals surface area contributed by atoms with Crippen molar-refractivity contribution in [3.63, 3.8) is 0 Å².